The van der Waals surface area contributed by atoms with Crippen molar-refractivity contribution in [1.29, 1.82) is 0 Å². The molecule has 0 amide bonds. The normalized spacial score (nSPS) is 17.4. The van der Waals surface area contributed by atoms with Crippen molar-refractivity contribution in [2.45, 2.75) is 19.4 Å². The standard InChI is InChI=1S/C11H9F2O/c1-11(2)4-3-7-5-8(12)6-9(13)10(7)14-11/h3-5H,1-2H3. The van der Waals surface area contributed by atoms with Crippen LogP contribution >= 0.6 is 0 Å². The molecule has 1 radical (unpaired) electrons. The number of fused-ring (bicyclic) bond motifs is 1. The average Bonchev–Trinajstić information content (AvgIpc) is 2.06. The van der Waals surface area contributed by atoms with Crippen molar-refractivity contribution < 1.29 is 13.5 Å². The SMILES string of the molecule is CC1(C)C=Cc2cc(F)[c]c(F)c2O1. The van der Waals surface area contributed by atoms with E-state index >= 15 is 0 Å². The molecule has 0 saturated heterocycles. The average molecular weight is 195 g/mol. The number of halogens is 2. The molecule has 0 fully saturated rings. The van der Waals surface area contributed by atoms with E-state index < -0.39 is 17.2 Å². The Morgan fingerprint density at radius 1 is 1.36 bits per heavy atom. The molecule has 1 aliphatic heterocycles. The summed E-state index contributed by atoms with van der Waals surface area (Å²) in [6.45, 7) is 3.60. The molecule has 1 aromatic carbocycles. The summed E-state index contributed by atoms with van der Waals surface area (Å²) in [5, 5.41) is 0. The summed E-state index contributed by atoms with van der Waals surface area (Å²) >= 11 is 0. The van der Waals surface area contributed by atoms with E-state index in [-0.39, 0.29) is 5.75 Å². The van der Waals surface area contributed by atoms with Crippen LogP contribution in [0.1, 0.15) is 19.4 Å². The lowest BCUT2D eigenvalue weighted by atomic mass is 10.0. The predicted octanol–water partition coefficient (Wildman–Crippen LogP) is 2.95. The molecule has 0 atom stereocenters. The molecule has 0 N–H and O–H groups in total. The minimum atomic E-state index is -0.780. The summed E-state index contributed by atoms with van der Waals surface area (Å²) in [6.07, 6.45) is 3.41. The topological polar surface area (TPSA) is 9.23 Å². The summed E-state index contributed by atoms with van der Waals surface area (Å²) in [6, 6.07) is 3.14. The predicted molar refractivity (Wildman–Crippen MR) is 48.9 cm³/mol. The van der Waals surface area contributed by atoms with Gasteiger partial charge in [-0.2, -0.15) is 0 Å². The molecule has 3 heteroatoms. The van der Waals surface area contributed by atoms with Gasteiger partial charge in [0.1, 0.15) is 11.4 Å². The Morgan fingerprint density at radius 3 is 2.79 bits per heavy atom. The Balaban J connectivity index is 2.56. The summed E-state index contributed by atoms with van der Waals surface area (Å²) < 4.78 is 31.3. The van der Waals surface area contributed by atoms with Crippen molar-refractivity contribution in [3.63, 3.8) is 0 Å². The van der Waals surface area contributed by atoms with Gasteiger partial charge < -0.3 is 4.74 Å². The highest BCUT2D eigenvalue weighted by atomic mass is 19.1. The van der Waals surface area contributed by atoms with Gasteiger partial charge in [-0.25, -0.2) is 8.78 Å². The highest BCUT2D eigenvalue weighted by molar-refractivity contribution is 5.61. The number of benzene rings is 1. The van der Waals surface area contributed by atoms with E-state index in [1.807, 2.05) is 6.07 Å². The molecule has 1 nitrogen and oxygen atoms in total. The van der Waals surface area contributed by atoms with Crippen molar-refractivity contribution in [3.05, 3.63) is 35.4 Å². The third-order valence-corrected chi connectivity index (χ3v) is 2.00. The van der Waals surface area contributed by atoms with Crippen LogP contribution in [-0.4, -0.2) is 5.60 Å². The Kier molecular flexibility index (Phi) is 1.84. The smallest absolute Gasteiger partial charge is 0.176 e. The van der Waals surface area contributed by atoms with Crippen LogP contribution < -0.4 is 4.74 Å². The van der Waals surface area contributed by atoms with Crippen LogP contribution in [0.5, 0.6) is 5.75 Å². The summed E-state index contributed by atoms with van der Waals surface area (Å²) in [5.74, 6) is -1.43. The molecule has 0 bridgehead atoms. The molecule has 0 spiro atoms. The van der Waals surface area contributed by atoms with E-state index in [0.29, 0.717) is 5.56 Å². The van der Waals surface area contributed by atoms with Gasteiger partial charge in [0.15, 0.2) is 11.6 Å². The van der Waals surface area contributed by atoms with Crippen molar-refractivity contribution >= 4 is 6.08 Å². The minimum Gasteiger partial charge on any atom is -0.480 e. The molecular weight excluding hydrogens is 186 g/mol. The first kappa shape index (κ1) is 9.19. The van der Waals surface area contributed by atoms with Crippen LogP contribution in [0.25, 0.3) is 6.08 Å². The van der Waals surface area contributed by atoms with Crippen LogP contribution in [0, 0.1) is 17.7 Å². The molecule has 14 heavy (non-hydrogen) atoms. The maximum absolute atomic E-state index is 13.2. The molecule has 0 aliphatic carbocycles. The Morgan fingerprint density at radius 2 is 2.07 bits per heavy atom. The molecule has 0 aromatic heterocycles. The molecule has 1 heterocycles. The molecule has 73 valence electrons. The first-order valence-electron chi connectivity index (χ1n) is 4.27. The van der Waals surface area contributed by atoms with Crippen molar-refractivity contribution in [1.82, 2.24) is 0 Å². The van der Waals surface area contributed by atoms with Gasteiger partial charge in [0.2, 0.25) is 0 Å². The van der Waals surface area contributed by atoms with Gasteiger partial charge in [-0.3, -0.25) is 0 Å². The van der Waals surface area contributed by atoms with Gasteiger partial charge in [-0.05, 0) is 26.0 Å². The number of hydrogen-bond donors (Lipinski definition) is 0. The monoisotopic (exact) mass is 195 g/mol. The maximum Gasteiger partial charge on any atom is 0.176 e. The lowest BCUT2D eigenvalue weighted by molar-refractivity contribution is 0.151. The lowest BCUT2D eigenvalue weighted by Crippen LogP contribution is -2.28. The van der Waals surface area contributed by atoms with Gasteiger partial charge in [0.25, 0.3) is 0 Å². The first-order chi connectivity index (χ1) is 6.48. The van der Waals surface area contributed by atoms with Gasteiger partial charge in [0, 0.05) is 5.56 Å². The fourth-order valence-electron chi connectivity index (χ4n) is 1.34. The Hall–Kier alpha value is -1.38. The zero-order valence-electron chi connectivity index (χ0n) is 7.90. The summed E-state index contributed by atoms with van der Waals surface area (Å²) in [4.78, 5) is 0. The van der Waals surface area contributed by atoms with Crippen molar-refractivity contribution in [2.24, 2.45) is 0 Å². The van der Waals surface area contributed by atoms with Gasteiger partial charge in [-0.1, -0.05) is 6.08 Å². The number of rotatable bonds is 0. The summed E-state index contributed by atoms with van der Waals surface area (Å²) in [7, 11) is 0. The summed E-state index contributed by atoms with van der Waals surface area (Å²) in [5.41, 5.74) is -0.141. The van der Waals surface area contributed by atoms with Crippen molar-refractivity contribution in [2.75, 3.05) is 0 Å². The zero-order chi connectivity index (χ0) is 10.3. The Labute approximate surface area is 81.0 Å². The quantitative estimate of drug-likeness (QED) is 0.618. The highest BCUT2D eigenvalue weighted by Crippen LogP contribution is 2.33. The molecule has 0 unspecified atom stereocenters. The van der Waals surface area contributed by atoms with E-state index in [1.165, 1.54) is 6.07 Å². The fraction of sp³-hybridized carbons (Fsp3) is 0.273. The maximum atomic E-state index is 13.2. The lowest BCUT2D eigenvalue weighted by Gasteiger charge is -2.27. The van der Waals surface area contributed by atoms with E-state index in [1.54, 1.807) is 26.0 Å². The highest BCUT2D eigenvalue weighted by Gasteiger charge is 2.24. The van der Waals surface area contributed by atoms with Crippen LogP contribution in [0.4, 0.5) is 8.78 Å². The Bertz CT molecular complexity index is 408. The second-order valence-corrected chi connectivity index (χ2v) is 3.75. The molecule has 0 saturated carbocycles. The van der Waals surface area contributed by atoms with E-state index in [9.17, 15) is 8.78 Å². The second-order valence-electron chi connectivity index (χ2n) is 3.75. The van der Waals surface area contributed by atoms with E-state index in [2.05, 4.69) is 0 Å². The minimum absolute atomic E-state index is 0.0684. The molecule has 1 aromatic rings. The van der Waals surface area contributed by atoms with Gasteiger partial charge in [0.05, 0.1) is 6.07 Å². The molecule has 2 rings (SSSR count). The second kappa shape index (κ2) is 2.80. The number of ether oxygens (including phenoxy) is 1. The number of hydrogen-bond acceptors (Lipinski definition) is 1. The van der Waals surface area contributed by atoms with Crippen LogP contribution in [0.15, 0.2) is 12.1 Å². The van der Waals surface area contributed by atoms with Gasteiger partial charge >= 0.3 is 0 Å². The van der Waals surface area contributed by atoms with Crippen LogP contribution in [0.3, 0.4) is 0 Å². The van der Waals surface area contributed by atoms with Crippen LogP contribution in [-0.2, 0) is 0 Å². The first-order valence-corrected chi connectivity index (χ1v) is 4.27. The third kappa shape index (κ3) is 1.50. The largest absolute Gasteiger partial charge is 0.480 e. The van der Waals surface area contributed by atoms with E-state index in [0.717, 1.165) is 0 Å². The van der Waals surface area contributed by atoms with Gasteiger partial charge in [-0.15, -0.1) is 0 Å². The zero-order valence-corrected chi connectivity index (χ0v) is 7.90. The molecular formula is C11H9F2O. The fourth-order valence-corrected chi connectivity index (χ4v) is 1.34. The third-order valence-electron chi connectivity index (χ3n) is 2.00. The van der Waals surface area contributed by atoms with E-state index in [4.69, 9.17) is 4.74 Å². The van der Waals surface area contributed by atoms with Crippen molar-refractivity contribution in [3.8, 4) is 5.75 Å². The molecule has 1 aliphatic rings. The van der Waals surface area contributed by atoms with Crippen LogP contribution in [0.2, 0.25) is 0 Å².